The molecule has 21 heavy (non-hydrogen) atoms. The maximum atomic E-state index is 12.0. The zero-order valence-corrected chi connectivity index (χ0v) is 14.8. The van der Waals surface area contributed by atoms with Crippen LogP contribution in [0.15, 0.2) is 39.1 Å². The van der Waals surface area contributed by atoms with Gasteiger partial charge in [0.2, 0.25) is 0 Å². The van der Waals surface area contributed by atoms with E-state index in [-0.39, 0.29) is 0 Å². The van der Waals surface area contributed by atoms with Crippen LogP contribution in [0.3, 0.4) is 0 Å². The van der Waals surface area contributed by atoms with Crippen molar-refractivity contribution in [3.05, 3.63) is 29.0 Å². The molecule has 0 fully saturated rings. The highest BCUT2D eigenvalue weighted by molar-refractivity contribution is 9.10. The molecule has 0 atom stereocenters. The van der Waals surface area contributed by atoms with E-state index in [0.29, 0.717) is 10.8 Å². The summed E-state index contributed by atoms with van der Waals surface area (Å²) in [5.41, 5.74) is 0.478. The topological polar surface area (TPSA) is 80.1 Å². The third-order valence-electron chi connectivity index (χ3n) is 2.53. The van der Waals surface area contributed by atoms with Crippen LogP contribution < -0.4 is 4.72 Å². The average molecular weight is 392 g/mol. The van der Waals surface area contributed by atoms with Gasteiger partial charge in [-0.15, -0.1) is 10.2 Å². The molecule has 0 saturated heterocycles. The van der Waals surface area contributed by atoms with Crippen molar-refractivity contribution >= 4 is 43.6 Å². The number of aromatic nitrogens is 3. The molecule has 1 aromatic carbocycles. The fourth-order valence-corrected chi connectivity index (χ4v) is 3.25. The lowest BCUT2D eigenvalue weighted by Crippen LogP contribution is -2.29. The van der Waals surface area contributed by atoms with Crippen molar-refractivity contribution in [2.45, 2.75) is 10.1 Å². The maximum Gasteiger partial charge on any atom is 0.301 e. The minimum absolute atomic E-state index is 0.478. The number of rotatable bonds is 5. The normalized spacial score (nSPS) is 11.9. The van der Waals surface area contributed by atoms with Crippen molar-refractivity contribution in [2.75, 3.05) is 18.8 Å². The second-order valence-corrected chi connectivity index (χ2v) is 8.17. The fourth-order valence-electron chi connectivity index (χ4n) is 1.36. The number of hydrogen-bond donors (Lipinski definition) is 1. The summed E-state index contributed by atoms with van der Waals surface area (Å²) in [5.74, 6) is 0. The van der Waals surface area contributed by atoms with E-state index in [1.54, 1.807) is 17.0 Å². The number of benzene rings is 1. The lowest BCUT2D eigenvalue weighted by Gasteiger charge is -2.16. The molecule has 0 aliphatic carbocycles. The summed E-state index contributed by atoms with van der Waals surface area (Å²) >= 11 is 4.67. The molecule has 0 aliphatic rings. The largest absolute Gasteiger partial charge is 0.311 e. The third kappa shape index (κ3) is 3.96. The molecule has 0 amide bonds. The minimum Gasteiger partial charge on any atom is -0.311 e. The van der Waals surface area contributed by atoms with Crippen LogP contribution in [0.2, 0.25) is 0 Å². The van der Waals surface area contributed by atoms with Crippen LogP contribution in [0.4, 0.5) is 5.69 Å². The van der Waals surface area contributed by atoms with Crippen LogP contribution >= 0.6 is 27.7 Å². The zero-order valence-electron chi connectivity index (χ0n) is 11.6. The molecule has 0 aliphatic heterocycles. The number of nitrogens with one attached hydrogen (secondary N) is 1. The van der Waals surface area contributed by atoms with Gasteiger partial charge in [0.15, 0.2) is 5.16 Å². The van der Waals surface area contributed by atoms with Crippen molar-refractivity contribution in [1.29, 1.82) is 0 Å². The molecule has 114 valence electrons. The predicted molar refractivity (Wildman–Crippen MR) is 85.5 cm³/mol. The van der Waals surface area contributed by atoms with Crippen LogP contribution in [0.1, 0.15) is 0 Å². The SMILES string of the molecule is CN(C)S(=O)(=O)Nc1cc(Br)ccc1Sc1nncn1C. The van der Waals surface area contributed by atoms with Crippen molar-refractivity contribution < 1.29 is 8.42 Å². The Balaban J connectivity index is 2.36. The van der Waals surface area contributed by atoms with E-state index in [2.05, 4.69) is 30.8 Å². The summed E-state index contributed by atoms with van der Waals surface area (Å²) in [7, 11) is 1.19. The molecule has 2 rings (SSSR count). The van der Waals surface area contributed by atoms with Crippen LogP contribution in [-0.2, 0) is 17.3 Å². The Kier molecular flexibility index (Phi) is 4.91. The Hall–Kier alpha value is -1.10. The molecule has 0 bridgehead atoms. The maximum absolute atomic E-state index is 12.0. The van der Waals surface area contributed by atoms with Crippen molar-refractivity contribution in [2.24, 2.45) is 7.05 Å². The predicted octanol–water partition coefficient (Wildman–Crippen LogP) is 1.95. The Morgan fingerprint density at radius 2 is 2.10 bits per heavy atom. The molecular weight excluding hydrogens is 378 g/mol. The van der Waals surface area contributed by atoms with Gasteiger partial charge in [-0.05, 0) is 30.0 Å². The van der Waals surface area contributed by atoms with Crippen molar-refractivity contribution in [3.8, 4) is 0 Å². The Labute approximate surface area is 136 Å². The van der Waals surface area contributed by atoms with E-state index < -0.39 is 10.2 Å². The molecule has 0 spiro atoms. The lowest BCUT2D eigenvalue weighted by molar-refractivity contribution is 0.526. The highest BCUT2D eigenvalue weighted by Gasteiger charge is 2.17. The van der Waals surface area contributed by atoms with Crippen molar-refractivity contribution in [3.63, 3.8) is 0 Å². The van der Waals surface area contributed by atoms with Gasteiger partial charge in [0.25, 0.3) is 0 Å². The van der Waals surface area contributed by atoms with Gasteiger partial charge in [0.05, 0.1) is 5.69 Å². The Bertz CT molecular complexity index is 745. The number of halogens is 1. The van der Waals surface area contributed by atoms with E-state index >= 15 is 0 Å². The molecule has 2 aromatic rings. The summed E-state index contributed by atoms with van der Waals surface area (Å²) < 4.78 is 30.2. The Morgan fingerprint density at radius 3 is 2.67 bits per heavy atom. The standard InChI is InChI=1S/C11H14BrN5O2S2/c1-16(2)21(18,19)15-9-6-8(12)4-5-10(9)20-11-14-13-7-17(11)3/h4-7,15H,1-3H3. The minimum atomic E-state index is -3.57. The molecule has 10 heteroatoms. The lowest BCUT2D eigenvalue weighted by atomic mass is 10.3. The van der Waals surface area contributed by atoms with E-state index in [1.165, 1.54) is 25.9 Å². The fraction of sp³-hybridized carbons (Fsp3) is 0.273. The molecule has 1 aromatic heterocycles. The zero-order chi connectivity index (χ0) is 15.6. The molecule has 7 nitrogen and oxygen atoms in total. The number of anilines is 1. The van der Waals surface area contributed by atoms with E-state index in [4.69, 9.17) is 0 Å². The van der Waals surface area contributed by atoms with Crippen LogP contribution in [-0.4, -0.2) is 41.6 Å². The second-order valence-electron chi connectivity index (χ2n) is 4.36. The van der Waals surface area contributed by atoms with E-state index in [1.807, 2.05) is 19.2 Å². The van der Waals surface area contributed by atoms with Gasteiger partial charge in [0.1, 0.15) is 6.33 Å². The molecule has 1 N–H and O–H groups in total. The van der Waals surface area contributed by atoms with Gasteiger partial charge in [0, 0.05) is 30.5 Å². The summed E-state index contributed by atoms with van der Waals surface area (Å²) in [6.45, 7) is 0. The summed E-state index contributed by atoms with van der Waals surface area (Å²) in [6.07, 6.45) is 1.59. The average Bonchev–Trinajstić information content (AvgIpc) is 2.78. The van der Waals surface area contributed by atoms with Crippen LogP contribution in [0.25, 0.3) is 0 Å². The molecule has 1 heterocycles. The first-order valence-electron chi connectivity index (χ1n) is 5.81. The van der Waals surface area contributed by atoms with Gasteiger partial charge in [-0.1, -0.05) is 15.9 Å². The molecular formula is C11H14BrN5O2S2. The van der Waals surface area contributed by atoms with Gasteiger partial charge in [-0.25, -0.2) is 0 Å². The monoisotopic (exact) mass is 391 g/mol. The summed E-state index contributed by atoms with van der Waals surface area (Å²) in [5, 5.41) is 8.46. The number of nitrogens with zero attached hydrogens (tertiary/aromatic N) is 4. The first-order chi connectivity index (χ1) is 9.79. The van der Waals surface area contributed by atoms with Gasteiger partial charge >= 0.3 is 10.2 Å². The second kappa shape index (κ2) is 6.34. The smallest absolute Gasteiger partial charge is 0.301 e. The van der Waals surface area contributed by atoms with E-state index in [9.17, 15) is 8.42 Å². The molecule has 0 saturated carbocycles. The highest BCUT2D eigenvalue weighted by Crippen LogP contribution is 2.34. The first-order valence-corrected chi connectivity index (χ1v) is 8.86. The molecule has 0 unspecified atom stereocenters. The van der Waals surface area contributed by atoms with Crippen LogP contribution in [0, 0.1) is 0 Å². The quantitative estimate of drug-likeness (QED) is 0.842. The summed E-state index contributed by atoms with van der Waals surface area (Å²) in [4.78, 5) is 0.736. The number of hydrogen-bond acceptors (Lipinski definition) is 5. The van der Waals surface area contributed by atoms with E-state index in [0.717, 1.165) is 13.7 Å². The molecule has 0 radical (unpaired) electrons. The van der Waals surface area contributed by atoms with Gasteiger partial charge in [-0.2, -0.15) is 12.7 Å². The van der Waals surface area contributed by atoms with Crippen molar-refractivity contribution in [1.82, 2.24) is 19.1 Å². The first kappa shape index (κ1) is 16.3. The van der Waals surface area contributed by atoms with Gasteiger partial charge < -0.3 is 4.57 Å². The number of aryl methyl sites for hydroxylation is 1. The Morgan fingerprint density at radius 1 is 1.38 bits per heavy atom. The van der Waals surface area contributed by atoms with Gasteiger partial charge in [-0.3, -0.25) is 4.72 Å². The summed E-state index contributed by atoms with van der Waals surface area (Å²) in [6, 6.07) is 5.36. The third-order valence-corrected chi connectivity index (χ3v) is 5.59. The van der Waals surface area contributed by atoms with Crippen LogP contribution in [0.5, 0.6) is 0 Å². The highest BCUT2D eigenvalue weighted by atomic mass is 79.9.